The number of morpholine rings is 1. The zero-order chi connectivity index (χ0) is 17.9. The summed E-state index contributed by atoms with van der Waals surface area (Å²) < 4.78 is 12.7. The maximum absolute atomic E-state index is 12.6. The minimum Gasteiger partial charge on any atom is -0.379 e. The minimum absolute atomic E-state index is 0.0223. The number of hydrogen-bond donors (Lipinski definition) is 0. The Morgan fingerprint density at radius 2 is 2.04 bits per heavy atom. The molecule has 1 fully saturated rings. The summed E-state index contributed by atoms with van der Waals surface area (Å²) in [5.41, 5.74) is 1.21. The van der Waals surface area contributed by atoms with Crippen LogP contribution in [0.5, 0.6) is 0 Å². The largest absolute Gasteiger partial charge is 0.379 e. The third-order valence-electron chi connectivity index (χ3n) is 4.93. The highest BCUT2D eigenvalue weighted by atomic mass is 16.5. The van der Waals surface area contributed by atoms with Crippen LogP contribution in [0.1, 0.15) is 23.2 Å². The molecule has 9 heteroatoms. The average molecular weight is 360 g/mol. The lowest BCUT2D eigenvalue weighted by Crippen LogP contribution is -2.36. The van der Waals surface area contributed by atoms with Gasteiger partial charge in [-0.15, -0.1) is 0 Å². The summed E-state index contributed by atoms with van der Waals surface area (Å²) in [7, 11) is 0. The fourth-order valence-electron chi connectivity index (χ4n) is 3.51. The van der Waals surface area contributed by atoms with Gasteiger partial charge in [-0.3, -0.25) is 9.69 Å². The number of aryl methyl sites for hydroxylation is 1. The molecule has 0 radical (unpaired) electrons. The van der Waals surface area contributed by atoms with Gasteiger partial charge in [-0.25, -0.2) is 4.98 Å². The van der Waals surface area contributed by atoms with Gasteiger partial charge < -0.3 is 18.7 Å². The molecule has 0 unspecified atom stereocenters. The maximum atomic E-state index is 12.6. The number of imidazole rings is 1. The van der Waals surface area contributed by atoms with Gasteiger partial charge >= 0.3 is 0 Å². The molecule has 0 atom stereocenters. The highest BCUT2D eigenvalue weighted by Crippen LogP contribution is 2.15. The Morgan fingerprint density at radius 1 is 1.19 bits per heavy atom. The first kappa shape index (κ1) is 17.2. The second-order valence-corrected chi connectivity index (χ2v) is 6.75. The van der Waals surface area contributed by atoms with Crippen molar-refractivity contribution in [3.63, 3.8) is 0 Å². The molecule has 2 aliphatic heterocycles. The lowest BCUT2D eigenvalue weighted by Gasteiger charge is -2.27. The molecule has 0 bridgehead atoms. The van der Waals surface area contributed by atoms with Crippen molar-refractivity contribution in [2.75, 3.05) is 39.4 Å². The molecule has 4 rings (SSSR count). The van der Waals surface area contributed by atoms with Crippen molar-refractivity contribution in [2.24, 2.45) is 0 Å². The first-order chi connectivity index (χ1) is 12.7. The van der Waals surface area contributed by atoms with Gasteiger partial charge in [-0.2, -0.15) is 4.98 Å². The van der Waals surface area contributed by atoms with Crippen LogP contribution < -0.4 is 0 Å². The van der Waals surface area contributed by atoms with Crippen molar-refractivity contribution in [1.82, 2.24) is 29.5 Å². The number of aromatic nitrogens is 4. The number of ether oxygens (including phenoxy) is 1. The van der Waals surface area contributed by atoms with E-state index in [1.54, 1.807) is 6.92 Å². The molecule has 2 aromatic heterocycles. The zero-order valence-corrected chi connectivity index (χ0v) is 15.1. The van der Waals surface area contributed by atoms with Crippen molar-refractivity contribution in [1.29, 1.82) is 0 Å². The molecule has 26 heavy (non-hydrogen) atoms. The van der Waals surface area contributed by atoms with Gasteiger partial charge in [0.25, 0.3) is 0 Å². The Balaban J connectivity index is 1.38. The lowest BCUT2D eigenvalue weighted by atomic mass is 10.3. The summed E-state index contributed by atoms with van der Waals surface area (Å²) in [6, 6.07) is 0. The number of amides is 1. The van der Waals surface area contributed by atoms with Crippen molar-refractivity contribution >= 4 is 5.91 Å². The standard InChI is InChI=1S/C17H24N6O3/c1-13-19-16(26-20-13)10-17(24)22-3-2-15-18-11-14(23(15)5-4-22)12-21-6-8-25-9-7-21/h11H,2-10,12H2,1H3. The third kappa shape index (κ3) is 3.78. The summed E-state index contributed by atoms with van der Waals surface area (Å²) in [6.07, 6.45) is 2.89. The van der Waals surface area contributed by atoms with E-state index in [2.05, 4.69) is 24.6 Å². The number of nitrogens with zero attached hydrogens (tertiary/aromatic N) is 6. The van der Waals surface area contributed by atoms with Crippen LogP contribution in [0.4, 0.5) is 0 Å². The Hall–Kier alpha value is -2.26. The molecule has 0 spiro atoms. The second kappa shape index (κ2) is 7.55. The number of rotatable bonds is 4. The van der Waals surface area contributed by atoms with Gasteiger partial charge in [0, 0.05) is 51.9 Å². The average Bonchev–Trinajstić information content (AvgIpc) is 3.15. The normalized spacial score (nSPS) is 18.6. The monoisotopic (exact) mass is 360 g/mol. The summed E-state index contributed by atoms with van der Waals surface area (Å²) in [4.78, 5) is 25.5. The van der Waals surface area contributed by atoms with Crippen molar-refractivity contribution < 1.29 is 14.1 Å². The molecule has 1 saturated heterocycles. The molecular formula is C17H24N6O3. The maximum Gasteiger partial charge on any atom is 0.236 e. The fraction of sp³-hybridized carbons (Fsp3) is 0.647. The predicted octanol–water partition coefficient (Wildman–Crippen LogP) is 0.0341. The molecule has 1 amide bonds. The molecule has 9 nitrogen and oxygen atoms in total. The molecular weight excluding hydrogens is 336 g/mol. The molecule has 4 heterocycles. The lowest BCUT2D eigenvalue weighted by molar-refractivity contribution is -0.130. The first-order valence-electron chi connectivity index (χ1n) is 9.09. The molecule has 140 valence electrons. The van der Waals surface area contributed by atoms with E-state index in [0.717, 1.165) is 51.6 Å². The van der Waals surface area contributed by atoms with Crippen LogP contribution in [0.3, 0.4) is 0 Å². The van der Waals surface area contributed by atoms with Crippen LogP contribution in [0, 0.1) is 6.92 Å². The van der Waals surface area contributed by atoms with Crippen molar-refractivity contribution in [3.05, 3.63) is 29.4 Å². The Labute approximate surface area is 151 Å². The summed E-state index contributed by atoms with van der Waals surface area (Å²) in [5, 5.41) is 3.74. The molecule has 2 aromatic rings. The van der Waals surface area contributed by atoms with E-state index in [4.69, 9.17) is 9.26 Å². The minimum atomic E-state index is 0.0223. The first-order valence-corrected chi connectivity index (χ1v) is 9.09. The van der Waals surface area contributed by atoms with E-state index < -0.39 is 0 Å². The van der Waals surface area contributed by atoms with E-state index in [1.165, 1.54) is 5.69 Å². The second-order valence-electron chi connectivity index (χ2n) is 6.75. The topological polar surface area (TPSA) is 89.5 Å². The van der Waals surface area contributed by atoms with Crippen LogP contribution in [0.25, 0.3) is 0 Å². The van der Waals surface area contributed by atoms with Crippen LogP contribution in [0.15, 0.2) is 10.7 Å². The summed E-state index contributed by atoms with van der Waals surface area (Å²) in [5.74, 6) is 2.00. The zero-order valence-electron chi connectivity index (χ0n) is 15.1. The van der Waals surface area contributed by atoms with Crippen LogP contribution in [-0.2, 0) is 35.5 Å². The van der Waals surface area contributed by atoms with E-state index >= 15 is 0 Å². The van der Waals surface area contributed by atoms with Gasteiger partial charge in [0.2, 0.25) is 11.8 Å². The number of carbonyl (C=O) groups excluding carboxylic acids is 1. The van der Waals surface area contributed by atoms with Crippen LogP contribution in [-0.4, -0.2) is 74.8 Å². The summed E-state index contributed by atoms with van der Waals surface area (Å²) >= 11 is 0. The van der Waals surface area contributed by atoms with Gasteiger partial charge in [-0.1, -0.05) is 5.16 Å². The van der Waals surface area contributed by atoms with Gasteiger partial charge in [0.1, 0.15) is 12.2 Å². The SMILES string of the molecule is Cc1noc(CC(=O)N2CCc3ncc(CN4CCOCC4)n3CC2)n1. The third-order valence-corrected chi connectivity index (χ3v) is 4.93. The Kier molecular flexibility index (Phi) is 4.98. The van der Waals surface area contributed by atoms with E-state index in [0.29, 0.717) is 24.8 Å². The Morgan fingerprint density at radius 3 is 2.81 bits per heavy atom. The van der Waals surface area contributed by atoms with Crippen LogP contribution in [0.2, 0.25) is 0 Å². The van der Waals surface area contributed by atoms with E-state index in [-0.39, 0.29) is 12.3 Å². The molecule has 0 N–H and O–H groups in total. The van der Waals surface area contributed by atoms with Gasteiger partial charge in [0.15, 0.2) is 5.82 Å². The smallest absolute Gasteiger partial charge is 0.236 e. The van der Waals surface area contributed by atoms with E-state index in [1.807, 2.05) is 11.1 Å². The fourth-order valence-corrected chi connectivity index (χ4v) is 3.51. The number of carbonyl (C=O) groups is 1. The Bertz CT molecular complexity index is 764. The summed E-state index contributed by atoms with van der Waals surface area (Å²) in [6.45, 7) is 8.22. The molecule has 0 saturated carbocycles. The van der Waals surface area contributed by atoms with Crippen LogP contribution >= 0.6 is 0 Å². The highest BCUT2D eigenvalue weighted by Gasteiger charge is 2.23. The molecule has 0 aliphatic carbocycles. The van der Waals surface area contributed by atoms with E-state index in [9.17, 15) is 4.79 Å². The van der Waals surface area contributed by atoms with Crippen molar-refractivity contribution in [3.8, 4) is 0 Å². The van der Waals surface area contributed by atoms with Crippen molar-refractivity contribution in [2.45, 2.75) is 32.9 Å². The predicted molar refractivity (Wildman–Crippen MR) is 91.3 cm³/mol. The van der Waals surface area contributed by atoms with Gasteiger partial charge in [-0.05, 0) is 6.92 Å². The highest BCUT2D eigenvalue weighted by molar-refractivity contribution is 5.77. The quantitative estimate of drug-likeness (QED) is 0.760. The molecule has 2 aliphatic rings. The molecule has 0 aromatic carbocycles. The number of hydrogen-bond acceptors (Lipinski definition) is 7. The number of fused-ring (bicyclic) bond motifs is 1. The van der Waals surface area contributed by atoms with Gasteiger partial charge in [0.05, 0.1) is 18.9 Å².